The van der Waals surface area contributed by atoms with Gasteiger partial charge < -0.3 is 9.84 Å². The van der Waals surface area contributed by atoms with E-state index in [0.29, 0.717) is 11.8 Å². The molecule has 0 saturated heterocycles. The molecule has 0 fully saturated rings. The molecule has 0 amide bonds. The molecule has 1 N–H and O–H groups in total. The third-order valence-corrected chi connectivity index (χ3v) is 2.07. The van der Waals surface area contributed by atoms with Crippen LogP contribution in [0, 0.1) is 5.92 Å². The molecule has 1 rings (SSSR count). The highest BCUT2D eigenvalue weighted by atomic mass is 16.5. The molecule has 0 aliphatic rings. The van der Waals surface area contributed by atoms with Gasteiger partial charge in [0.05, 0.1) is 6.20 Å². The lowest BCUT2D eigenvalue weighted by Gasteiger charge is -2.07. The van der Waals surface area contributed by atoms with E-state index in [0.717, 1.165) is 18.8 Å². The van der Waals surface area contributed by atoms with E-state index in [1.807, 2.05) is 6.20 Å². The SMILES string of the molecule is CC(C)CNCc1cnoc1C(C)C. The monoisotopic (exact) mass is 196 g/mol. The lowest BCUT2D eigenvalue weighted by atomic mass is 10.1. The van der Waals surface area contributed by atoms with Gasteiger partial charge in [0.2, 0.25) is 0 Å². The molecule has 0 aromatic carbocycles. The molecular weight excluding hydrogens is 176 g/mol. The summed E-state index contributed by atoms with van der Waals surface area (Å²) in [6.07, 6.45) is 1.81. The van der Waals surface area contributed by atoms with Crippen molar-refractivity contribution >= 4 is 0 Å². The van der Waals surface area contributed by atoms with Gasteiger partial charge in [0.1, 0.15) is 5.76 Å². The summed E-state index contributed by atoms with van der Waals surface area (Å²) in [7, 11) is 0. The van der Waals surface area contributed by atoms with Crippen LogP contribution < -0.4 is 5.32 Å². The van der Waals surface area contributed by atoms with E-state index < -0.39 is 0 Å². The van der Waals surface area contributed by atoms with Crippen molar-refractivity contribution in [3.8, 4) is 0 Å². The lowest BCUT2D eigenvalue weighted by molar-refractivity contribution is 0.368. The van der Waals surface area contributed by atoms with Gasteiger partial charge in [-0.15, -0.1) is 0 Å². The van der Waals surface area contributed by atoms with Gasteiger partial charge in [0, 0.05) is 18.0 Å². The second kappa shape index (κ2) is 5.15. The third-order valence-electron chi connectivity index (χ3n) is 2.07. The summed E-state index contributed by atoms with van der Waals surface area (Å²) in [6, 6.07) is 0. The molecule has 0 radical (unpaired) electrons. The van der Waals surface area contributed by atoms with Crippen LogP contribution >= 0.6 is 0 Å². The van der Waals surface area contributed by atoms with Crippen LogP contribution in [-0.4, -0.2) is 11.7 Å². The Hall–Kier alpha value is -0.830. The zero-order valence-electron chi connectivity index (χ0n) is 9.50. The van der Waals surface area contributed by atoms with E-state index in [9.17, 15) is 0 Å². The fourth-order valence-corrected chi connectivity index (χ4v) is 1.37. The first-order chi connectivity index (χ1) is 6.61. The molecule has 3 heteroatoms. The van der Waals surface area contributed by atoms with E-state index in [4.69, 9.17) is 4.52 Å². The summed E-state index contributed by atoms with van der Waals surface area (Å²) in [5, 5.41) is 7.21. The topological polar surface area (TPSA) is 38.1 Å². The molecular formula is C11H20N2O. The van der Waals surface area contributed by atoms with E-state index >= 15 is 0 Å². The van der Waals surface area contributed by atoms with Gasteiger partial charge in [0.25, 0.3) is 0 Å². The van der Waals surface area contributed by atoms with Crippen LogP contribution in [-0.2, 0) is 6.54 Å². The van der Waals surface area contributed by atoms with E-state index in [-0.39, 0.29) is 0 Å². The van der Waals surface area contributed by atoms with Crippen LogP contribution in [0.5, 0.6) is 0 Å². The van der Waals surface area contributed by atoms with Gasteiger partial charge >= 0.3 is 0 Å². The van der Waals surface area contributed by atoms with Crippen molar-refractivity contribution in [2.75, 3.05) is 6.54 Å². The van der Waals surface area contributed by atoms with Gasteiger partial charge in [-0.1, -0.05) is 32.9 Å². The Morgan fingerprint density at radius 3 is 2.64 bits per heavy atom. The van der Waals surface area contributed by atoms with Crippen LogP contribution in [0.1, 0.15) is 44.9 Å². The van der Waals surface area contributed by atoms with Gasteiger partial charge in [-0.2, -0.15) is 0 Å². The predicted octanol–water partition coefficient (Wildman–Crippen LogP) is 2.54. The molecule has 80 valence electrons. The molecule has 1 aromatic heterocycles. The number of hydrogen-bond acceptors (Lipinski definition) is 3. The second-order valence-corrected chi connectivity index (χ2v) is 4.39. The third kappa shape index (κ3) is 3.14. The average molecular weight is 196 g/mol. The van der Waals surface area contributed by atoms with Crippen LogP contribution in [0.15, 0.2) is 10.7 Å². The van der Waals surface area contributed by atoms with Gasteiger partial charge in [-0.05, 0) is 12.5 Å². The first kappa shape index (κ1) is 11.2. The molecule has 14 heavy (non-hydrogen) atoms. The van der Waals surface area contributed by atoms with Crippen molar-refractivity contribution in [1.82, 2.24) is 10.5 Å². The normalized spacial score (nSPS) is 11.6. The fraction of sp³-hybridized carbons (Fsp3) is 0.727. The minimum absolute atomic E-state index is 0.411. The zero-order valence-corrected chi connectivity index (χ0v) is 9.50. The largest absolute Gasteiger partial charge is 0.361 e. The van der Waals surface area contributed by atoms with Crippen LogP contribution in [0.3, 0.4) is 0 Å². The second-order valence-electron chi connectivity index (χ2n) is 4.39. The van der Waals surface area contributed by atoms with Crippen molar-refractivity contribution in [1.29, 1.82) is 0 Å². The maximum Gasteiger partial charge on any atom is 0.143 e. The quantitative estimate of drug-likeness (QED) is 0.786. The number of nitrogens with one attached hydrogen (secondary N) is 1. The first-order valence-electron chi connectivity index (χ1n) is 5.25. The zero-order chi connectivity index (χ0) is 10.6. The maximum absolute atomic E-state index is 5.19. The first-order valence-corrected chi connectivity index (χ1v) is 5.25. The Morgan fingerprint density at radius 1 is 1.36 bits per heavy atom. The summed E-state index contributed by atoms with van der Waals surface area (Å²) >= 11 is 0. The van der Waals surface area contributed by atoms with Gasteiger partial charge in [-0.3, -0.25) is 0 Å². The summed E-state index contributed by atoms with van der Waals surface area (Å²) in [6.45, 7) is 10.5. The molecule has 0 bridgehead atoms. The Bertz CT molecular complexity index is 266. The Morgan fingerprint density at radius 2 is 2.07 bits per heavy atom. The molecule has 1 heterocycles. The molecule has 0 atom stereocenters. The van der Waals surface area contributed by atoms with E-state index in [1.54, 1.807) is 0 Å². The minimum atomic E-state index is 0.411. The Labute approximate surface area is 85.9 Å². The van der Waals surface area contributed by atoms with Crippen molar-refractivity contribution in [3.63, 3.8) is 0 Å². The highest BCUT2D eigenvalue weighted by molar-refractivity contribution is 5.16. The molecule has 0 aliphatic carbocycles. The van der Waals surface area contributed by atoms with Crippen molar-refractivity contribution in [2.24, 2.45) is 5.92 Å². The predicted molar refractivity (Wildman–Crippen MR) is 57.1 cm³/mol. The highest BCUT2D eigenvalue weighted by Gasteiger charge is 2.11. The number of hydrogen-bond donors (Lipinski definition) is 1. The standard InChI is InChI=1S/C11H20N2O/c1-8(2)5-12-6-10-7-13-14-11(10)9(3)4/h7-9,12H,5-6H2,1-4H3. The molecule has 0 saturated carbocycles. The van der Waals surface area contributed by atoms with Gasteiger partial charge in [-0.25, -0.2) is 0 Å². The molecule has 3 nitrogen and oxygen atoms in total. The Balaban J connectivity index is 2.46. The molecule has 0 unspecified atom stereocenters. The average Bonchev–Trinajstić information content (AvgIpc) is 2.51. The summed E-state index contributed by atoms with van der Waals surface area (Å²) in [4.78, 5) is 0. The van der Waals surface area contributed by atoms with Crippen molar-refractivity contribution in [3.05, 3.63) is 17.5 Å². The number of nitrogens with zero attached hydrogens (tertiary/aromatic N) is 1. The molecule has 0 spiro atoms. The van der Waals surface area contributed by atoms with E-state index in [1.165, 1.54) is 5.56 Å². The van der Waals surface area contributed by atoms with Crippen molar-refractivity contribution in [2.45, 2.75) is 40.2 Å². The Kier molecular flexibility index (Phi) is 4.14. The van der Waals surface area contributed by atoms with Crippen LogP contribution in [0.2, 0.25) is 0 Å². The number of rotatable bonds is 5. The fourth-order valence-electron chi connectivity index (χ4n) is 1.37. The molecule has 0 aliphatic heterocycles. The lowest BCUT2D eigenvalue weighted by Crippen LogP contribution is -2.19. The van der Waals surface area contributed by atoms with Crippen molar-refractivity contribution < 1.29 is 4.52 Å². The van der Waals surface area contributed by atoms with Crippen LogP contribution in [0.25, 0.3) is 0 Å². The maximum atomic E-state index is 5.19. The molecule has 1 aromatic rings. The highest BCUT2D eigenvalue weighted by Crippen LogP contribution is 2.18. The smallest absolute Gasteiger partial charge is 0.143 e. The number of aromatic nitrogens is 1. The van der Waals surface area contributed by atoms with E-state index in [2.05, 4.69) is 38.2 Å². The summed E-state index contributed by atoms with van der Waals surface area (Å²) in [5.41, 5.74) is 1.18. The minimum Gasteiger partial charge on any atom is -0.361 e. The summed E-state index contributed by atoms with van der Waals surface area (Å²) in [5.74, 6) is 2.09. The van der Waals surface area contributed by atoms with Crippen LogP contribution in [0.4, 0.5) is 0 Å². The van der Waals surface area contributed by atoms with Gasteiger partial charge in [0.15, 0.2) is 0 Å². The summed E-state index contributed by atoms with van der Waals surface area (Å²) < 4.78 is 5.19.